The van der Waals surface area contributed by atoms with E-state index in [-0.39, 0.29) is 20.1 Å². The molecule has 6 heterocycles. The van der Waals surface area contributed by atoms with E-state index in [4.69, 9.17) is 13.3 Å². The zero-order chi connectivity index (χ0) is 42.7. The number of benzene rings is 6. The van der Waals surface area contributed by atoms with Crippen LogP contribution in [0.5, 0.6) is 0 Å². The summed E-state index contributed by atoms with van der Waals surface area (Å²) in [5.74, 6) is 0. The molecule has 0 aliphatic heterocycles. The van der Waals surface area contributed by atoms with Crippen LogP contribution in [0.25, 0.3) is 99.6 Å². The summed E-state index contributed by atoms with van der Waals surface area (Å²) < 4.78 is 18.3. The van der Waals surface area contributed by atoms with Crippen molar-refractivity contribution < 1.29 is 33.4 Å². The normalized spacial score (nSPS) is 11.1. The van der Waals surface area contributed by atoms with Crippen LogP contribution in [-0.4, -0.2) is 15.0 Å². The van der Waals surface area contributed by atoms with Crippen LogP contribution >= 0.6 is 0 Å². The van der Waals surface area contributed by atoms with Crippen molar-refractivity contribution in [3.8, 4) is 33.8 Å². The molecule has 0 atom stereocenters. The second-order valence-electron chi connectivity index (χ2n) is 15.2. The van der Waals surface area contributed by atoms with E-state index in [2.05, 4.69) is 90.3 Å². The molecule has 12 aromatic rings. The molecule has 0 aliphatic rings. The number of fused-ring (bicyclic) bond motifs is 9. The van der Waals surface area contributed by atoms with Gasteiger partial charge in [0.15, 0.2) is 0 Å². The molecule has 64 heavy (non-hydrogen) atoms. The summed E-state index contributed by atoms with van der Waals surface area (Å²) in [4.78, 5) is 13.3. The van der Waals surface area contributed by atoms with Gasteiger partial charge in [0.25, 0.3) is 0 Å². The predicted molar refractivity (Wildman–Crippen MR) is 255 cm³/mol. The van der Waals surface area contributed by atoms with Gasteiger partial charge in [-0.25, -0.2) is 0 Å². The Bertz CT molecular complexity index is 3150. The number of pyridine rings is 3. The molecule has 0 N–H and O–H groups in total. The molecule has 6 aromatic carbocycles. The van der Waals surface area contributed by atoms with Crippen LogP contribution in [0.3, 0.4) is 0 Å². The summed E-state index contributed by atoms with van der Waals surface area (Å²) in [5, 5.41) is 7.05. The molecule has 0 fully saturated rings. The molecule has 0 saturated heterocycles. The Morgan fingerprint density at radius 2 is 0.656 bits per heavy atom. The summed E-state index contributed by atoms with van der Waals surface area (Å²) in [5.41, 5.74) is 14.6. The molecule has 0 bridgehead atoms. The first-order valence-electron chi connectivity index (χ1n) is 21.4. The van der Waals surface area contributed by atoms with Crippen molar-refractivity contribution in [3.63, 3.8) is 0 Å². The average molecular weight is 1010 g/mol. The van der Waals surface area contributed by atoms with Crippen molar-refractivity contribution in [2.45, 2.75) is 40.0 Å². The van der Waals surface area contributed by atoms with Crippen LogP contribution in [0.2, 0.25) is 0 Å². The van der Waals surface area contributed by atoms with E-state index in [0.29, 0.717) is 0 Å². The number of hydrogen-bond acceptors (Lipinski definition) is 6. The van der Waals surface area contributed by atoms with E-state index in [1.165, 1.54) is 32.8 Å². The average Bonchev–Trinajstić information content (AvgIpc) is 4.07. The summed E-state index contributed by atoms with van der Waals surface area (Å²) in [7, 11) is 0. The Morgan fingerprint density at radius 1 is 0.375 bits per heavy atom. The van der Waals surface area contributed by atoms with Crippen LogP contribution in [0.4, 0.5) is 0 Å². The molecular formula is C57H42IrN3O3. The number of para-hydroxylation sites is 3. The molecule has 6 aromatic heterocycles. The number of furan rings is 3. The first kappa shape index (κ1) is 42.1. The van der Waals surface area contributed by atoms with Crippen molar-refractivity contribution in [2.75, 3.05) is 0 Å². The smallest absolute Gasteiger partial charge is 0.501 e. The first-order valence-corrected chi connectivity index (χ1v) is 21.4. The number of hydrogen-bond donors (Lipinski definition) is 0. The van der Waals surface area contributed by atoms with Crippen LogP contribution < -0.4 is 0 Å². The third-order valence-electron chi connectivity index (χ3n) is 11.5. The van der Waals surface area contributed by atoms with E-state index in [9.17, 15) is 0 Å². The summed E-state index contributed by atoms with van der Waals surface area (Å²) in [6.07, 6.45) is 8.26. The molecule has 0 radical (unpaired) electrons. The molecule has 312 valence electrons. The Kier molecular flexibility index (Phi) is 12.3. The zero-order valence-electron chi connectivity index (χ0n) is 35.6. The van der Waals surface area contributed by atoms with Gasteiger partial charge in [0.1, 0.15) is 16.7 Å². The summed E-state index contributed by atoms with van der Waals surface area (Å²) in [6, 6.07) is 58.4. The van der Waals surface area contributed by atoms with Crippen LogP contribution in [-0.2, 0) is 39.4 Å². The molecule has 12 rings (SSSR count). The van der Waals surface area contributed by atoms with Crippen LogP contribution in [0.15, 0.2) is 177 Å². The SMILES string of the molecule is CCc1c[c-]c(-c2ccccn2)c2oc3ccccc3c12.CCc1c[c-]c(-c2ccccn2)c2oc3ccccc3c12.CCc1c[c-]c(-c2ccccn2)c2oc3ccccc3c12.[Ir+3]. The van der Waals surface area contributed by atoms with Crippen molar-refractivity contribution in [2.24, 2.45) is 0 Å². The third kappa shape index (κ3) is 7.78. The van der Waals surface area contributed by atoms with E-state index in [1.54, 1.807) is 18.6 Å². The minimum absolute atomic E-state index is 0. The molecular weight excluding hydrogens is 967 g/mol. The van der Waals surface area contributed by atoms with Gasteiger partial charge in [-0.15, -0.1) is 53.1 Å². The van der Waals surface area contributed by atoms with E-state index >= 15 is 0 Å². The molecule has 7 heteroatoms. The van der Waals surface area contributed by atoms with Crippen LogP contribution in [0, 0.1) is 18.2 Å². The number of aromatic nitrogens is 3. The van der Waals surface area contributed by atoms with Gasteiger partial charge in [0, 0.05) is 34.7 Å². The standard InChI is InChI=1S/3C19H14NO.Ir/c3*1-2-13-10-11-14(16-8-5-6-12-20-16)19-18(13)15-7-3-4-9-17(15)21-19;/h3*3-10,12H,2H2,1H3;/q3*-1;+3. The Labute approximate surface area is 385 Å². The fraction of sp³-hybridized carbons (Fsp3) is 0.105. The van der Waals surface area contributed by atoms with Crippen molar-refractivity contribution in [1.29, 1.82) is 0 Å². The topological polar surface area (TPSA) is 78.1 Å². The second kappa shape index (κ2) is 18.7. The van der Waals surface area contributed by atoms with Crippen molar-refractivity contribution in [1.82, 2.24) is 15.0 Å². The molecule has 0 amide bonds. The predicted octanol–water partition coefficient (Wildman–Crippen LogP) is 15.0. The minimum Gasteiger partial charge on any atom is -0.501 e. The third-order valence-corrected chi connectivity index (χ3v) is 11.5. The fourth-order valence-electron chi connectivity index (χ4n) is 8.45. The molecule has 0 aliphatic carbocycles. The number of rotatable bonds is 6. The molecule has 0 spiro atoms. The molecule has 6 nitrogen and oxygen atoms in total. The van der Waals surface area contributed by atoms with E-state index in [0.717, 1.165) is 103 Å². The second-order valence-corrected chi connectivity index (χ2v) is 15.2. The van der Waals surface area contributed by atoms with Crippen LogP contribution in [0.1, 0.15) is 37.5 Å². The van der Waals surface area contributed by atoms with E-state index < -0.39 is 0 Å². The first-order chi connectivity index (χ1) is 31.1. The van der Waals surface area contributed by atoms with Gasteiger partial charge in [0.2, 0.25) is 0 Å². The van der Waals surface area contributed by atoms with Gasteiger partial charge in [-0.05, 0) is 53.5 Å². The number of aryl methyl sites for hydroxylation is 3. The monoisotopic (exact) mass is 1010 g/mol. The Balaban J connectivity index is 0.000000121. The Hall–Kier alpha value is -7.18. The molecule has 0 saturated carbocycles. The number of nitrogens with zero attached hydrogens (tertiary/aromatic N) is 3. The summed E-state index contributed by atoms with van der Waals surface area (Å²) in [6.45, 7) is 6.47. The van der Waals surface area contributed by atoms with Gasteiger partial charge in [0.05, 0.1) is 16.7 Å². The van der Waals surface area contributed by atoms with Gasteiger partial charge >= 0.3 is 20.1 Å². The van der Waals surface area contributed by atoms with E-state index in [1.807, 2.05) is 109 Å². The maximum absolute atomic E-state index is 6.11. The maximum Gasteiger partial charge on any atom is 3.00 e. The molecule has 0 unspecified atom stereocenters. The summed E-state index contributed by atoms with van der Waals surface area (Å²) >= 11 is 0. The Morgan fingerprint density at radius 3 is 0.922 bits per heavy atom. The van der Waals surface area contributed by atoms with Gasteiger partial charge in [-0.1, -0.05) is 164 Å². The van der Waals surface area contributed by atoms with Crippen molar-refractivity contribution in [3.05, 3.63) is 199 Å². The zero-order valence-corrected chi connectivity index (χ0v) is 38.0. The van der Waals surface area contributed by atoms with Gasteiger partial charge < -0.3 is 28.2 Å². The van der Waals surface area contributed by atoms with Gasteiger partial charge in [-0.2, -0.15) is 0 Å². The quantitative estimate of drug-likeness (QED) is 0.154. The largest absolute Gasteiger partial charge is 3.00 e. The maximum atomic E-state index is 6.11. The van der Waals surface area contributed by atoms with Gasteiger partial charge in [-0.3, -0.25) is 0 Å². The van der Waals surface area contributed by atoms with Crippen molar-refractivity contribution >= 4 is 65.8 Å². The fourth-order valence-corrected chi connectivity index (χ4v) is 8.45. The minimum atomic E-state index is 0.